The largest absolute Gasteiger partial charge is 0.479 e. The molecule has 0 unspecified atom stereocenters. The highest BCUT2D eigenvalue weighted by atomic mass is 127. The number of carbonyl (C=O) groups is 1. The second-order valence-electron chi connectivity index (χ2n) is 2.54. The van der Waals surface area contributed by atoms with E-state index < -0.39 is 45.2 Å². The zero-order valence-corrected chi connectivity index (χ0v) is 9.45. The van der Waals surface area contributed by atoms with Crippen LogP contribution in [0.25, 0.3) is 0 Å². The average molecular weight is 352 g/mol. The van der Waals surface area contributed by atoms with Crippen molar-refractivity contribution >= 4 is 26.4 Å². The predicted octanol–water partition coefficient (Wildman–Crippen LogP) is 2.72. The highest BCUT2D eigenvalue weighted by Gasteiger charge is 2.27. The summed E-state index contributed by atoms with van der Waals surface area (Å²) in [5, 5.41) is 0. The number of halogens is 6. The van der Waals surface area contributed by atoms with E-state index in [0.717, 1.165) is 0 Å². The number of ether oxygens (including phenoxy) is 1. The molecule has 0 fully saturated rings. The second-order valence-corrected chi connectivity index (χ2v) is 3.75. The minimum Gasteiger partial charge on any atom is -0.479 e. The van der Waals surface area contributed by atoms with Gasteiger partial charge in [0.25, 0.3) is 0 Å². The second kappa shape index (κ2) is 4.93. The van der Waals surface area contributed by atoms with Crippen molar-refractivity contribution in [2.24, 2.45) is 0 Å². The third-order valence-electron chi connectivity index (χ3n) is 1.50. The zero-order valence-electron chi connectivity index (χ0n) is 7.29. The molecule has 0 aliphatic carbocycles. The van der Waals surface area contributed by atoms with E-state index in [4.69, 9.17) is 0 Å². The Kier molecular flexibility index (Phi) is 4.05. The van der Waals surface area contributed by atoms with Crippen molar-refractivity contribution in [2.75, 3.05) is 6.61 Å². The van der Waals surface area contributed by atoms with Crippen LogP contribution < -0.4 is 4.74 Å². The Morgan fingerprint density at radius 3 is 1.69 bits per heavy atom. The standard InChI is InChI=1S/C8H2F5IO2/c9-3-4(10)6(12)8(7(13)5(3)11)16-1-2(14)15/h1H2. The number of rotatable bonds is 3. The average Bonchev–Trinajstić information content (AvgIpc) is 2.23. The topological polar surface area (TPSA) is 26.3 Å². The van der Waals surface area contributed by atoms with Crippen LogP contribution in [-0.2, 0) is 4.79 Å². The van der Waals surface area contributed by atoms with Gasteiger partial charge in [0, 0.05) is 22.6 Å². The van der Waals surface area contributed by atoms with Gasteiger partial charge in [0.05, 0.1) is 0 Å². The van der Waals surface area contributed by atoms with Crippen LogP contribution in [0.3, 0.4) is 0 Å². The first-order valence-corrected chi connectivity index (χ1v) is 4.76. The van der Waals surface area contributed by atoms with Crippen LogP contribution >= 0.6 is 22.6 Å². The van der Waals surface area contributed by atoms with Crippen LogP contribution in [0.2, 0.25) is 0 Å². The van der Waals surface area contributed by atoms with Crippen LogP contribution in [0.15, 0.2) is 0 Å². The highest BCUT2D eigenvalue weighted by molar-refractivity contribution is 14.1. The molecule has 0 aromatic heterocycles. The Bertz CT molecular complexity index is 420. The van der Waals surface area contributed by atoms with Gasteiger partial charge in [0.15, 0.2) is 12.4 Å². The molecule has 0 radical (unpaired) electrons. The van der Waals surface area contributed by atoms with Gasteiger partial charge < -0.3 is 4.74 Å². The molecule has 0 bridgehead atoms. The van der Waals surface area contributed by atoms with Crippen LogP contribution in [-0.4, -0.2) is 10.4 Å². The van der Waals surface area contributed by atoms with Crippen molar-refractivity contribution in [1.29, 1.82) is 0 Å². The summed E-state index contributed by atoms with van der Waals surface area (Å²) in [5.41, 5.74) is 0. The monoisotopic (exact) mass is 352 g/mol. The van der Waals surface area contributed by atoms with Gasteiger partial charge in [-0.05, 0) is 0 Å². The van der Waals surface area contributed by atoms with Crippen molar-refractivity contribution in [3.8, 4) is 5.75 Å². The lowest BCUT2D eigenvalue weighted by molar-refractivity contribution is -0.111. The van der Waals surface area contributed by atoms with Crippen molar-refractivity contribution in [3.63, 3.8) is 0 Å². The normalized spacial score (nSPS) is 10.4. The SMILES string of the molecule is O=C(I)COc1c(F)c(F)c(F)c(F)c1F. The molecule has 0 atom stereocenters. The Labute approximate surface area is 99.5 Å². The molecule has 0 heterocycles. The first-order valence-electron chi connectivity index (χ1n) is 3.68. The van der Waals surface area contributed by atoms with Gasteiger partial charge >= 0.3 is 0 Å². The maximum atomic E-state index is 12.9. The summed E-state index contributed by atoms with van der Waals surface area (Å²) in [4.78, 5) is 10.4. The predicted molar refractivity (Wildman–Crippen MR) is 50.8 cm³/mol. The lowest BCUT2D eigenvalue weighted by Crippen LogP contribution is -2.10. The molecule has 0 aliphatic rings. The van der Waals surface area contributed by atoms with Gasteiger partial charge in [-0.3, -0.25) is 4.79 Å². The van der Waals surface area contributed by atoms with Crippen LogP contribution in [0, 0.1) is 29.1 Å². The van der Waals surface area contributed by atoms with Gasteiger partial charge in [-0.1, -0.05) is 0 Å². The molecular weight excluding hydrogens is 350 g/mol. The summed E-state index contributed by atoms with van der Waals surface area (Å²) in [7, 11) is 0. The Hall–Kier alpha value is -0.930. The fourth-order valence-electron chi connectivity index (χ4n) is 0.840. The summed E-state index contributed by atoms with van der Waals surface area (Å²) in [6.07, 6.45) is 0. The van der Waals surface area contributed by atoms with E-state index in [0.29, 0.717) is 0 Å². The third kappa shape index (κ3) is 2.42. The molecule has 1 rings (SSSR count). The quantitative estimate of drug-likeness (QED) is 0.275. The van der Waals surface area contributed by atoms with Crippen LogP contribution in [0.4, 0.5) is 22.0 Å². The van der Waals surface area contributed by atoms with E-state index in [1.807, 2.05) is 0 Å². The maximum Gasteiger partial charge on any atom is 0.229 e. The lowest BCUT2D eigenvalue weighted by atomic mass is 10.2. The molecule has 0 saturated carbocycles. The number of hydrogen-bond acceptors (Lipinski definition) is 2. The molecule has 1 aromatic rings. The molecule has 88 valence electrons. The molecule has 0 aliphatic heterocycles. The molecular formula is C8H2F5IO2. The van der Waals surface area contributed by atoms with E-state index in [-0.39, 0.29) is 0 Å². The van der Waals surface area contributed by atoms with E-state index in [9.17, 15) is 26.7 Å². The van der Waals surface area contributed by atoms with Crippen molar-refractivity contribution in [1.82, 2.24) is 0 Å². The lowest BCUT2D eigenvalue weighted by Gasteiger charge is -2.08. The zero-order chi connectivity index (χ0) is 12.5. The fraction of sp³-hybridized carbons (Fsp3) is 0.125. The van der Waals surface area contributed by atoms with Gasteiger partial charge in [-0.2, -0.15) is 8.78 Å². The van der Waals surface area contributed by atoms with Gasteiger partial charge in [-0.25, -0.2) is 13.2 Å². The number of hydrogen-bond donors (Lipinski definition) is 0. The van der Waals surface area contributed by atoms with Crippen molar-refractivity contribution in [2.45, 2.75) is 0 Å². The molecule has 0 N–H and O–H groups in total. The maximum absolute atomic E-state index is 12.9. The fourth-order valence-corrected chi connectivity index (χ4v) is 0.996. The minimum absolute atomic E-state index is 0.651. The van der Waals surface area contributed by atoms with E-state index >= 15 is 0 Å². The third-order valence-corrected chi connectivity index (χ3v) is 1.81. The van der Waals surface area contributed by atoms with E-state index in [1.54, 1.807) is 0 Å². The van der Waals surface area contributed by atoms with Crippen LogP contribution in [0.1, 0.15) is 0 Å². The van der Waals surface area contributed by atoms with Gasteiger partial charge in [-0.15, -0.1) is 0 Å². The first-order chi connectivity index (χ1) is 7.36. The first kappa shape index (κ1) is 13.1. The van der Waals surface area contributed by atoms with Crippen molar-refractivity contribution < 1.29 is 31.5 Å². The van der Waals surface area contributed by atoms with Crippen LogP contribution in [0.5, 0.6) is 5.75 Å². The Balaban J connectivity index is 3.23. The summed E-state index contributed by atoms with van der Waals surface area (Å²) in [6.45, 7) is -0.793. The molecule has 0 amide bonds. The van der Waals surface area contributed by atoms with Crippen molar-refractivity contribution in [3.05, 3.63) is 29.1 Å². The number of benzene rings is 1. The Morgan fingerprint density at radius 2 is 1.31 bits per heavy atom. The number of carbonyl (C=O) groups excluding carboxylic acids is 1. The van der Waals surface area contributed by atoms with E-state index in [2.05, 4.69) is 4.74 Å². The molecule has 2 nitrogen and oxygen atoms in total. The Morgan fingerprint density at radius 1 is 0.938 bits per heavy atom. The summed E-state index contributed by atoms with van der Waals surface area (Å²) < 4.78 is 67.1. The smallest absolute Gasteiger partial charge is 0.229 e. The molecule has 1 aromatic carbocycles. The molecule has 0 spiro atoms. The molecule has 8 heteroatoms. The molecule has 0 saturated heterocycles. The van der Waals surface area contributed by atoms with E-state index in [1.165, 1.54) is 22.6 Å². The minimum atomic E-state index is -2.27. The van der Waals surface area contributed by atoms with Gasteiger partial charge in [0.1, 0.15) is 0 Å². The summed E-state index contributed by atoms with van der Waals surface area (Å²) >= 11 is 1.25. The summed E-state index contributed by atoms with van der Waals surface area (Å²) in [6, 6.07) is 0. The summed E-state index contributed by atoms with van der Waals surface area (Å²) in [5.74, 6) is -12.2. The highest BCUT2D eigenvalue weighted by Crippen LogP contribution is 2.29. The van der Waals surface area contributed by atoms with Gasteiger partial charge in [0.2, 0.25) is 32.9 Å². The molecule has 16 heavy (non-hydrogen) atoms.